The molecule has 1 aromatic carbocycles. The lowest BCUT2D eigenvalue weighted by atomic mass is 10.2. The number of aromatic nitrogens is 2. The topological polar surface area (TPSA) is 66.9 Å². The number of hydrogen-bond acceptors (Lipinski definition) is 4. The average molecular weight is 325 g/mol. The number of halogens is 1. The third-order valence-electron chi connectivity index (χ3n) is 2.80. The van der Waals surface area contributed by atoms with Crippen molar-refractivity contribution in [3.63, 3.8) is 0 Å². The molecule has 0 radical (unpaired) electrons. The molecule has 21 heavy (non-hydrogen) atoms. The van der Waals surface area contributed by atoms with Gasteiger partial charge >= 0.3 is 6.03 Å². The van der Waals surface area contributed by atoms with E-state index in [1.54, 1.807) is 12.1 Å². The minimum absolute atomic E-state index is 0.289. The van der Waals surface area contributed by atoms with Gasteiger partial charge in [0.25, 0.3) is 0 Å². The van der Waals surface area contributed by atoms with E-state index < -0.39 is 0 Å². The quantitative estimate of drug-likeness (QED) is 0.848. The molecule has 0 atom stereocenters. The van der Waals surface area contributed by atoms with E-state index in [-0.39, 0.29) is 6.03 Å². The number of nitrogens with one attached hydrogen (secondary N) is 2. The molecular weight excluding hydrogens is 308 g/mol. The Morgan fingerprint density at radius 1 is 1.29 bits per heavy atom. The van der Waals surface area contributed by atoms with Crippen LogP contribution in [0.1, 0.15) is 30.3 Å². The predicted octanol–water partition coefficient (Wildman–Crippen LogP) is 3.86. The van der Waals surface area contributed by atoms with Crippen LogP contribution < -0.4 is 10.6 Å². The second kappa shape index (κ2) is 7.95. The fourth-order valence-corrected chi connectivity index (χ4v) is 2.56. The van der Waals surface area contributed by atoms with Crippen LogP contribution in [0.15, 0.2) is 24.3 Å². The maximum Gasteiger partial charge on any atom is 0.321 e. The van der Waals surface area contributed by atoms with Gasteiger partial charge in [-0.15, -0.1) is 10.2 Å². The van der Waals surface area contributed by atoms with Crippen LogP contribution in [0.5, 0.6) is 0 Å². The van der Waals surface area contributed by atoms with Crippen LogP contribution >= 0.6 is 22.9 Å². The van der Waals surface area contributed by atoms with Crippen LogP contribution in [0.2, 0.25) is 5.02 Å². The number of hydrogen-bond donors (Lipinski definition) is 2. The molecule has 0 aliphatic rings. The number of carbonyl (C=O) groups is 1. The maximum atomic E-state index is 11.8. The number of anilines is 1. The van der Waals surface area contributed by atoms with Gasteiger partial charge in [0.15, 0.2) is 0 Å². The van der Waals surface area contributed by atoms with Gasteiger partial charge in [0, 0.05) is 18.0 Å². The molecule has 0 aliphatic carbocycles. The van der Waals surface area contributed by atoms with E-state index in [1.165, 1.54) is 11.3 Å². The fraction of sp³-hybridized carbons (Fsp3) is 0.357. The molecule has 0 saturated carbocycles. The van der Waals surface area contributed by atoms with Gasteiger partial charge in [0.05, 0.1) is 0 Å². The third kappa shape index (κ3) is 5.32. The molecule has 2 N–H and O–H groups in total. The van der Waals surface area contributed by atoms with E-state index in [4.69, 9.17) is 11.6 Å². The lowest BCUT2D eigenvalue weighted by Gasteiger charge is -2.05. The average Bonchev–Trinajstić information content (AvgIpc) is 2.92. The molecule has 0 fully saturated rings. The van der Waals surface area contributed by atoms with Gasteiger partial charge < -0.3 is 5.32 Å². The van der Waals surface area contributed by atoms with E-state index in [0.717, 1.165) is 29.8 Å². The molecule has 2 rings (SSSR count). The lowest BCUT2D eigenvalue weighted by molar-refractivity contribution is 0.251. The minimum atomic E-state index is -0.289. The number of rotatable bonds is 6. The summed E-state index contributed by atoms with van der Waals surface area (Å²) in [5.41, 5.74) is 0.982. The lowest BCUT2D eigenvalue weighted by Crippen LogP contribution is -2.28. The van der Waals surface area contributed by atoms with E-state index in [2.05, 4.69) is 27.8 Å². The fourth-order valence-electron chi connectivity index (χ4n) is 1.66. The Kier molecular flexibility index (Phi) is 5.95. The van der Waals surface area contributed by atoms with Crippen LogP contribution in [0, 0.1) is 0 Å². The van der Waals surface area contributed by atoms with Crippen molar-refractivity contribution in [1.82, 2.24) is 15.5 Å². The zero-order chi connectivity index (χ0) is 15.1. The summed E-state index contributed by atoms with van der Waals surface area (Å²) >= 11 is 7.22. The van der Waals surface area contributed by atoms with Crippen molar-refractivity contribution in [2.45, 2.75) is 32.7 Å². The van der Waals surface area contributed by atoms with Crippen molar-refractivity contribution in [3.05, 3.63) is 39.9 Å². The van der Waals surface area contributed by atoms with E-state index >= 15 is 0 Å². The van der Waals surface area contributed by atoms with Crippen LogP contribution in [-0.4, -0.2) is 16.2 Å². The molecule has 1 aromatic heterocycles. The Morgan fingerprint density at radius 3 is 2.76 bits per heavy atom. The summed E-state index contributed by atoms with van der Waals surface area (Å²) in [6.07, 6.45) is 3.10. The van der Waals surface area contributed by atoms with Crippen LogP contribution in [-0.2, 0) is 13.0 Å². The molecule has 0 spiro atoms. The Bertz CT molecular complexity index is 585. The molecular formula is C14H17ClN4OS. The highest BCUT2D eigenvalue weighted by Gasteiger charge is 2.07. The number of urea groups is 1. The number of unbranched alkanes of at least 4 members (excludes halogenated alkanes) is 1. The first-order valence-electron chi connectivity index (χ1n) is 6.79. The monoisotopic (exact) mass is 324 g/mol. The molecule has 0 unspecified atom stereocenters. The molecule has 0 bridgehead atoms. The van der Waals surface area contributed by atoms with E-state index in [0.29, 0.717) is 16.7 Å². The number of aryl methyl sites for hydroxylation is 1. The summed E-state index contributed by atoms with van der Waals surface area (Å²) < 4.78 is 0. The van der Waals surface area contributed by atoms with Gasteiger partial charge in [-0.1, -0.05) is 48.4 Å². The second-order valence-electron chi connectivity index (χ2n) is 4.54. The molecule has 1 heterocycles. The molecule has 112 valence electrons. The molecule has 5 nitrogen and oxygen atoms in total. The molecule has 0 saturated heterocycles. The van der Waals surface area contributed by atoms with Crippen molar-refractivity contribution in [3.8, 4) is 0 Å². The van der Waals surface area contributed by atoms with Crippen LogP contribution in [0.25, 0.3) is 0 Å². The van der Waals surface area contributed by atoms with Gasteiger partial charge in [-0.05, 0) is 24.1 Å². The third-order valence-corrected chi connectivity index (χ3v) is 3.95. The Hall–Kier alpha value is -1.66. The van der Waals surface area contributed by atoms with E-state index in [9.17, 15) is 4.79 Å². The highest BCUT2D eigenvalue weighted by Crippen LogP contribution is 2.17. The number of nitrogens with zero attached hydrogens (tertiary/aromatic N) is 2. The zero-order valence-electron chi connectivity index (χ0n) is 11.7. The molecule has 7 heteroatoms. The molecule has 2 aromatic rings. The van der Waals surface area contributed by atoms with Crippen molar-refractivity contribution in [2.24, 2.45) is 0 Å². The summed E-state index contributed by atoms with van der Waals surface area (Å²) in [6, 6.07) is 7.04. The number of carbonyl (C=O) groups excluding carboxylic acids is 1. The largest absolute Gasteiger partial charge is 0.334 e. The van der Waals surface area contributed by atoms with Gasteiger partial charge in [-0.25, -0.2) is 4.79 Å². The molecule has 2 amide bonds. The summed E-state index contributed by atoms with van der Waals surface area (Å²) in [5.74, 6) is 0. The first kappa shape index (κ1) is 15.7. The van der Waals surface area contributed by atoms with Gasteiger partial charge in [-0.2, -0.15) is 0 Å². The maximum absolute atomic E-state index is 11.8. The van der Waals surface area contributed by atoms with Crippen LogP contribution in [0.4, 0.5) is 9.93 Å². The summed E-state index contributed by atoms with van der Waals surface area (Å²) in [7, 11) is 0. The first-order valence-corrected chi connectivity index (χ1v) is 7.98. The summed E-state index contributed by atoms with van der Waals surface area (Å²) in [6.45, 7) is 2.56. The van der Waals surface area contributed by atoms with Crippen molar-refractivity contribution >= 4 is 34.1 Å². The SMILES string of the molecule is CCCCc1nnc(NC(=O)NCc2ccc(Cl)cc2)s1. The molecule has 0 aliphatic heterocycles. The highest BCUT2D eigenvalue weighted by molar-refractivity contribution is 7.15. The zero-order valence-corrected chi connectivity index (χ0v) is 13.3. The number of benzene rings is 1. The Morgan fingerprint density at radius 2 is 2.05 bits per heavy atom. The van der Waals surface area contributed by atoms with Gasteiger partial charge in [-0.3, -0.25) is 5.32 Å². The Labute approximate surface area is 132 Å². The smallest absolute Gasteiger partial charge is 0.321 e. The predicted molar refractivity (Wildman–Crippen MR) is 85.8 cm³/mol. The van der Waals surface area contributed by atoms with Gasteiger partial charge in [0.1, 0.15) is 5.01 Å². The van der Waals surface area contributed by atoms with Crippen molar-refractivity contribution < 1.29 is 4.79 Å². The van der Waals surface area contributed by atoms with Crippen molar-refractivity contribution in [1.29, 1.82) is 0 Å². The first-order chi connectivity index (χ1) is 10.2. The van der Waals surface area contributed by atoms with Gasteiger partial charge in [0.2, 0.25) is 5.13 Å². The number of amides is 2. The van der Waals surface area contributed by atoms with E-state index in [1.807, 2.05) is 12.1 Å². The summed E-state index contributed by atoms with van der Waals surface area (Å²) in [5, 5.41) is 15.6. The summed E-state index contributed by atoms with van der Waals surface area (Å²) in [4.78, 5) is 11.8. The standard InChI is InChI=1S/C14H17ClN4OS/c1-2-3-4-12-18-19-14(21-12)17-13(20)16-9-10-5-7-11(15)8-6-10/h5-8H,2-4,9H2,1H3,(H2,16,17,19,20). The van der Waals surface area contributed by atoms with Crippen LogP contribution in [0.3, 0.4) is 0 Å². The second-order valence-corrected chi connectivity index (χ2v) is 6.04. The highest BCUT2D eigenvalue weighted by atomic mass is 35.5. The normalized spacial score (nSPS) is 10.4. The minimum Gasteiger partial charge on any atom is -0.334 e. The Balaban J connectivity index is 1.78. The van der Waals surface area contributed by atoms with Crippen molar-refractivity contribution in [2.75, 3.05) is 5.32 Å².